The Morgan fingerprint density at radius 1 is 1.20 bits per heavy atom. The number of hydrogen-bond donors (Lipinski definition) is 1. The first-order valence-electron chi connectivity index (χ1n) is 10.1. The summed E-state index contributed by atoms with van der Waals surface area (Å²) in [6.07, 6.45) is 3.60. The van der Waals surface area contributed by atoms with Crippen LogP contribution in [-0.4, -0.2) is 40.4 Å². The number of benzene rings is 1. The van der Waals surface area contributed by atoms with Crippen molar-refractivity contribution in [3.63, 3.8) is 0 Å². The van der Waals surface area contributed by atoms with Crippen molar-refractivity contribution in [2.75, 3.05) is 24.7 Å². The predicted octanol–water partition coefficient (Wildman–Crippen LogP) is 3.24. The quantitative estimate of drug-likeness (QED) is 0.615. The van der Waals surface area contributed by atoms with Gasteiger partial charge in [-0.2, -0.15) is 5.10 Å². The zero-order chi connectivity index (χ0) is 20.8. The Labute approximate surface area is 174 Å². The first-order chi connectivity index (χ1) is 14.5. The topological polar surface area (TPSA) is 63.9 Å². The minimum atomic E-state index is -0.290. The van der Waals surface area contributed by atoms with Crippen LogP contribution >= 0.6 is 0 Å². The van der Waals surface area contributed by atoms with Gasteiger partial charge in [0.25, 0.3) is 0 Å². The molecule has 2 aliphatic heterocycles. The molecule has 0 aliphatic carbocycles. The highest BCUT2D eigenvalue weighted by atomic mass is 19.1. The van der Waals surface area contributed by atoms with Gasteiger partial charge in [0.05, 0.1) is 30.6 Å². The van der Waals surface area contributed by atoms with Crippen molar-refractivity contribution in [1.29, 1.82) is 0 Å². The summed E-state index contributed by atoms with van der Waals surface area (Å²) in [5.41, 5.74) is 3.02. The lowest BCUT2D eigenvalue weighted by molar-refractivity contribution is 0.271. The molecule has 1 aromatic carbocycles. The number of anilines is 1. The average Bonchev–Trinajstić information content (AvgIpc) is 3.06. The molecule has 5 rings (SSSR count). The average molecular weight is 409 g/mol. The van der Waals surface area contributed by atoms with Gasteiger partial charge in [0, 0.05) is 30.3 Å². The van der Waals surface area contributed by atoms with Gasteiger partial charge in [-0.05, 0) is 25.1 Å². The van der Waals surface area contributed by atoms with E-state index in [2.05, 4.69) is 28.8 Å². The van der Waals surface area contributed by atoms with Crippen LogP contribution in [0.4, 0.5) is 10.2 Å². The summed E-state index contributed by atoms with van der Waals surface area (Å²) in [5.74, 6) is 2.02. The van der Waals surface area contributed by atoms with Gasteiger partial charge < -0.3 is 19.7 Å². The third kappa shape index (κ3) is 3.32. The van der Waals surface area contributed by atoms with Crippen molar-refractivity contribution in [3.05, 3.63) is 54.1 Å². The third-order valence-electron chi connectivity index (χ3n) is 5.41. The number of fused-ring (bicyclic) bond motifs is 1. The van der Waals surface area contributed by atoms with Gasteiger partial charge in [-0.25, -0.2) is 13.9 Å². The Morgan fingerprint density at radius 2 is 2.03 bits per heavy atom. The van der Waals surface area contributed by atoms with Gasteiger partial charge in [-0.1, -0.05) is 13.5 Å². The highest BCUT2D eigenvalue weighted by Gasteiger charge is 2.26. The van der Waals surface area contributed by atoms with Crippen LogP contribution in [-0.2, 0) is 6.54 Å². The highest BCUT2D eigenvalue weighted by Crippen LogP contribution is 2.34. The van der Waals surface area contributed by atoms with E-state index in [4.69, 9.17) is 14.5 Å². The van der Waals surface area contributed by atoms with Crippen LogP contribution in [0, 0.1) is 11.7 Å². The number of nitrogens with zero attached hydrogens (tertiary/aromatic N) is 4. The van der Waals surface area contributed by atoms with Gasteiger partial charge in [0.2, 0.25) is 0 Å². The molecule has 2 aromatic heterocycles. The van der Waals surface area contributed by atoms with Crippen LogP contribution in [0.1, 0.15) is 25.0 Å². The molecular weight excluding hydrogens is 385 g/mol. The highest BCUT2D eigenvalue weighted by molar-refractivity contribution is 5.75. The molecule has 1 N–H and O–H groups in total. The second kappa shape index (κ2) is 7.19. The van der Waals surface area contributed by atoms with Crippen molar-refractivity contribution in [2.45, 2.75) is 26.4 Å². The Kier molecular flexibility index (Phi) is 4.49. The largest absolute Gasteiger partial charge is 0.491 e. The van der Waals surface area contributed by atoms with E-state index in [9.17, 15) is 4.39 Å². The van der Waals surface area contributed by atoms with E-state index in [1.807, 2.05) is 13.1 Å². The maximum absolute atomic E-state index is 14.1. The summed E-state index contributed by atoms with van der Waals surface area (Å²) in [7, 11) is 0. The van der Waals surface area contributed by atoms with E-state index in [-0.39, 0.29) is 17.8 Å². The van der Waals surface area contributed by atoms with Crippen LogP contribution in [0.15, 0.2) is 37.2 Å². The van der Waals surface area contributed by atoms with E-state index in [1.165, 1.54) is 12.1 Å². The van der Waals surface area contributed by atoms with Crippen LogP contribution < -0.4 is 19.7 Å². The normalized spacial score (nSPS) is 21.4. The van der Waals surface area contributed by atoms with Crippen molar-refractivity contribution in [2.24, 2.45) is 5.92 Å². The molecule has 0 saturated heterocycles. The number of hydrogen-bond acceptors (Lipinski definition) is 6. The minimum Gasteiger partial charge on any atom is -0.491 e. The van der Waals surface area contributed by atoms with Gasteiger partial charge in [-0.15, -0.1) is 0 Å². The van der Waals surface area contributed by atoms with E-state index >= 15 is 0 Å². The Hall–Kier alpha value is -3.29. The van der Waals surface area contributed by atoms with Crippen molar-refractivity contribution >= 4 is 17.2 Å². The van der Waals surface area contributed by atoms with E-state index in [1.54, 1.807) is 16.8 Å². The molecule has 2 atom stereocenters. The molecule has 156 valence electrons. The zero-order valence-corrected chi connectivity index (χ0v) is 17.1. The van der Waals surface area contributed by atoms with Crippen LogP contribution in [0.3, 0.4) is 0 Å². The fourth-order valence-electron chi connectivity index (χ4n) is 3.96. The van der Waals surface area contributed by atoms with Gasteiger partial charge in [0.1, 0.15) is 18.2 Å². The van der Waals surface area contributed by atoms with Crippen LogP contribution in [0.25, 0.3) is 11.3 Å². The summed E-state index contributed by atoms with van der Waals surface area (Å²) in [4.78, 5) is 7.04. The molecule has 0 radical (unpaired) electrons. The molecule has 0 unspecified atom stereocenters. The molecule has 0 fully saturated rings. The minimum absolute atomic E-state index is 0.0109. The third-order valence-corrected chi connectivity index (χ3v) is 5.41. The summed E-state index contributed by atoms with van der Waals surface area (Å²) in [6, 6.07) is 4.64. The molecule has 0 amide bonds. The number of ether oxygens (including phenoxy) is 2. The molecular formula is C22H24FN5O2. The zero-order valence-electron chi connectivity index (χ0n) is 17.1. The standard InChI is InChI=1S/C22H24FN5O2/c1-13-8-27-9-16-6-17(23)4-5-19(16)30-12-14(2)25-15(3)18-7-24-28-10-20(29-11-13)22(27)26-21(18)28/h4-7,10,13-14,25H,3,8-9,11-12H2,1-2H3/t13-,14+/m0/s1. The fourth-order valence-corrected chi connectivity index (χ4v) is 3.96. The van der Waals surface area contributed by atoms with Crippen molar-refractivity contribution in [1.82, 2.24) is 19.9 Å². The van der Waals surface area contributed by atoms with E-state index in [0.29, 0.717) is 42.7 Å². The molecule has 0 spiro atoms. The smallest absolute Gasteiger partial charge is 0.180 e. The lowest BCUT2D eigenvalue weighted by Crippen LogP contribution is -2.30. The van der Waals surface area contributed by atoms with E-state index < -0.39 is 0 Å². The predicted molar refractivity (Wildman–Crippen MR) is 112 cm³/mol. The summed E-state index contributed by atoms with van der Waals surface area (Å²) >= 11 is 0. The van der Waals surface area contributed by atoms with E-state index in [0.717, 1.165) is 23.4 Å². The fraction of sp³-hybridized carbons (Fsp3) is 0.364. The SMILES string of the molecule is C=C1N[C@H](C)COc2ccc(F)cc2CN2C[C@H](C)COc3cn4ncc1c4nc32. The monoisotopic (exact) mass is 409 g/mol. The Morgan fingerprint density at radius 3 is 2.90 bits per heavy atom. The number of aromatic nitrogens is 3. The van der Waals surface area contributed by atoms with Gasteiger partial charge in [0.15, 0.2) is 17.2 Å². The first-order valence-corrected chi connectivity index (χ1v) is 10.1. The molecule has 2 aliphatic rings. The maximum Gasteiger partial charge on any atom is 0.180 e. The Bertz CT molecular complexity index is 1130. The number of halogens is 1. The maximum atomic E-state index is 14.1. The number of nitrogens with one attached hydrogen (secondary N) is 1. The molecule has 3 aromatic rings. The lowest BCUT2D eigenvalue weighted by atomic mass is 10.1. The lowest BCUT2D eigenvalue weighted by Gasteiger charge is -2.25. The van der Waals surface area contributed by atoms with Crippen molar-refractivity contribution < 1.29 is 13.9 Å². The molecule has 30 heavy (non-hydrogen) atoms. The summed E-state index contributed by atoms with van der Waals surface area (Å²) in [5, 5.41) is 7.79. The Balaban J connectivity index is 1.70. The van der Waals surface area contributed by atoms with Crippen LogP contribution in [0.5, 0.6) is 11.5 Å². The second-order valence-corrected chi connectivity index (χ2v) is 8.14. The molecule has 7 nitrogen and oxygen atoms in total. The summed E-state index contributed by atoms with van der Waals surface area (Å²) in [6.45, 7) is 10.5. The first kappa shape index (κ1) is 18.7. The summed E-state index contributed by atoms with van der Waals surface area (Å²) < 4.78 is 27.9. The van der Waals surface area contributed by atoms with Crippen LogP contribution in [0.2, 0.25) is 0 Å². The molecule has 4 heterocycles. The van der Waals surface area contributed by atoms with Gasteiger partial charge in [-0.3, -0.25) is 0 Å². The van der Waals surface area contributed by atoms with Crippen molar-refractivity contribution in [3.8, 4) is 11.5 Å². The molecule has 0 saturated carbocycles. The molecule has 2 bridgehead atoms. The number of rotatable bonds is 0. The second-order valence-electron chi connectivity index (χ2n) is 8.14. The van der Waals surface area contributed by atoms with Gasteiger partial charge >= 0.3 is 0 Å². The molecule has 8 heteroatoms.